The Labute approximate surface area is 103 Å². The molecular formula is C11H14BrNO3. The summed E-state index contributed by atoms with van der Waals surface area (Å²) in [7, 11) is 0. The molecule has 4 nitrogen and oxygen atoms in total. The highest BCUT2D eigenvalue weighted by molar-refractivity contribution is 9.09. The van der Waals surface area contributed by atoms with E-state index in [0.717, 1.165) is 5.33 Å². The van der Waals surface area contributed by atoms with Gasteiger partial charge in [-0.3, -0.25) is 4.79 Å². The zero-order valence-corrected chi connectivity index (χ0v) is 10.6. The van der Waals surface area contributed by atoms with E-state index in [1.807, 2.05) is 11.8 Å². The third kappa shape index (κ3) is 2.30. The molecule has 2 unspecified atom stereocenters. The van der Waals surface area contributed by atoms with Gasteiger partial charge in [-0.25, -0.2) is 0 Å². The van der Waals surface area contributed by atoms with E-state index in [2.05, 4.69) is 15.9 Å². The Kier molecular flexibility index (Phi) is 3.66. The molecule has 0 aliphatic carbocycles. The van der Waals surface area contributed by atoms with Gasteiger partial charge in [0.25, 0.3) is 5.91 Å². The van der Waals surface area contributed by atoms with Crippen molar-refractivity contribution in [2.75, 3.05) is 18.5 Å². The highest BCUT2D eigenvalue weighted by Gasteiger charge is 2.29. The predicted octanol–water partition coefficient (Wildman–Crippen LogP) is 1.90. The lowest BCUT2D eigenvalue weighted by atomic mass is 10.1. The second-order valence-electron chi connectivity index (χ2n) is 3.93. The maximum absolute atomic E-state index is 12.1. The maximum atomic E-state index is 12.1. The Bertz CT molecular complexity index is 352. The van der Waals surface area contributed by atoms with Gasteiger partial charge in [-0.05, 0) is 13.0 Å². The van der Waals surface area contributed by atoms with Crippen LogP contribution >= 0.6 is 15.9 Å². The van der Waals surface area contributed by atoms with Crippen LogP contribution in [-0.4, -0.2) is 41.4 Å². The lowest BCUT2D eigenvalue weighted by Crippen LogP contribution is -2.51. The number of furan rings is 1. The second kappa shape index (κ2) is 5.01. The van der Waals surface area contributed by atoms with E-state index in [1.165, 1.54) is 12.5 Å². The molecule has 5 heteroatoms. The maximum Gasteiger partial charge on any atom is 0.257 e. The molecule has 0 saturated carbocycles. The number of hydrogen-bond donors (Lipinski definition) is 0. The molecule has 0 spiro atoms. The number of rotatable bonds is 2. The van der Waals surface area contributed by atoms with Crippen molar-refractivity contribution in [3.05, 3.63) is 24.2 Å². The van der Waals surface area contributed by atoms with Gasteiger partial charge in [0.2, 0.25) is 0 Å². The first-order valence-electron chi connectivity index (χ1n) is 5.23. The molecule has 1 saturated heterocycles. The molecule has 16 heavy (non-hydrogen) atoms. The summed E-state index contributed by atoms with van der Waals surface area (Å²) >= 11 is 3.37. The standard InChI is InChI=1S/C11H14BrNO3/c1-8-6-16-10(4-12)5-13(8)11(14)9-2-3-15-7-9/h2-3,7-8,10H,4-6H2,1H3. The van der Waals surface area contributed by atoms with Crippen molar-refractivity contribution >= 4 is 21.8 Å². The predicted molar refractivity (Wildman–Crippen MR) is 62.7 cm³/mol. The number of amides is 1. The molecule has 88 valence electrons. The highest BCUT2D eigenvalue weighted by atomic mass is 79.9. The van der Waals surface area contributed by atoms with E-state index in [0.29, 0.717) is 18.7 Å². The van der Waals surface area contributed by atoms with Crippen LogP contribution < -0.4 is 0 Å². The van der Waals surface area contributed by atoms with Crippen LogP contribution in [0, 0.1) is 0 Å². The van der Waals surface area contributed by atoms with Gasteiger partial charge in [-0.2, -0.15) is 0 Å². The zero-order valence-electron chi connectivity index (χ0n) is 9.06. The molecule has 0 bridgehead atoms. The lowest BCUT2D eigenvalue weighted by molar-refractivity contribution is -0.0361. The highest BCUT2D eigenvalue weighted by Crippen LogP contribution is 2.16. The SMILES string of the molecule is CC1COC(CBr)CN1C(=O)c1ccoc1. The first-order chi connectivity index (χ1) is 7.72. The summed E-state index contributed by atoms with van der Waals surface area (Å²) in [4.78, 5) is 14.0. The quantitative estimate of drug-likeness (QED) is 0.781. The van der Waals surface area contributed by atoms with Gasteiger partial charge in [0.15, 0.2) is 0 Å². The Morgan fingerprint density at radius 1 is 1.69 bits per heavy atom. The number of carbonyl (C=O) groups is 1. The number of morpholine rings is 1. The van der Waals surface area contributed by atoms with Crippen molar-refractivity contribution in [2.24, 2.45) is 0 Å². The molecule has 1 aliphatic rings. The van der Waals surface area contributed by atoms with Gasteiger partial charge in [0.05, 0.1) is 30.6 Å². The van der Waals surface area contributed by atoms with Crippen molar-refractivity contribution in [3.63, 3.8) is 0 Å². The van der Waals surface area contributed by atoms with Gasteiger partial charge >= 0.3 is 0 Å². The summed E-state index contributed by atoms with van der Waals surface area (Å²) in [6.07, 6.45) is 3.07. The van der Waals surface area contributed by atoms with Crippen molar-refractivity contribution in [2.45, 2.75) is 19.1 Å². The largest absolute Gasteiger partial charge is 0.472 e. The van der Waals surface area contributed by atoms with E-state index in [9.17, 15) is 4.79 Å². The zero-order chi connectivity index (χ0) is 11.5. The average Bonchev–Trinajstić information content (AvgIpc) is 2.82. The van der Waals surface area contributed by atoms with Crippen LogP contribution in [0.15, 0.2) is 23.0 Å². The number of halogens is 1. The van der Waals surface area contributed by atoms with Crippen LogP contribution in [-0.2, 0) is 4.74 Å². The summed E-state index contributed by atoms with van der Waals surface area (Å²) in [5.74, 6) is 0.00972. The summed E-state index contributed by atoms with van der Waals surface area (Å²) in [6, 6.07) is 1.80. The number of ether oxygens (including phenoxy) is 1. The summed E-state index contributed by atoms with van der Waals surface area (Å²) in [5, 5.41) is 0.745. The minimum absolute atomic E-state index is 0.00972. The minimum Gasteiger partial charge on any atom is -0.472 e. The van der Waals surface area contributed by atoms with E-state index in [4.69, 9.17) is 9.15 Å². The third-order valence-electron chi connectivity index (χ3n) is 2.71. The fourth-order valence-electron chi connectivity index (χ4n) is 1.75. The van der Waals surface area contributed by atoms with Crippen molar-refractivity contribution in [1.82, 2.24) is 4.90 Å². The van der Waals surface area contributed by atoms with E-state index >= 15 is 0 Å². The van der Waals surface area contributed by atoms with Crippen LogP contribution in [0.1, 0.15) is 17.3 Å². The smallest absolute Gasteiger partial charge is 0.257 e. The van der Waals surface area contributed by atoms with Crippen LogP contribution in [0.5, 0.6) is 0 Å². The van der Waals surface area contributed by atoms with Gasteiger partial charge in [-0.1, -0.05) is 15.9 Å². The average molecular weight is 288 g/mol. The summed E-state index contributed by atoms with van der Waals surface area (Å²) < 4.78 is 10.5. The molecular weight excluding hydrogens is 274 g/mol. The lowest BCUT2D eigenvalue weighted by Gasteiger charge is -2.37. The molecule has 1 amide bonds. The molecule has 2 atom stereocenters. The Hall–Kier alpha value is -0.810. The topological polar surface area (TPSA) is 42.7 Å². The van der Waals surface area contributed by atoms with Crippen LogP contribution in [0.25, 0.3) is 0 Å². The molecule has 2 rings (SSSR count). The molecule has 0 N–H and O–H groups in total. The molecule has 1 aromatic heterocycles. The van der Waals surface area contributed by atoms with Crippen molar-refractivity contribution < 1.29 is 13.9 Å². The van der Waals surface area contributed by atoms with Crippen molar-refractivity contribution in [3.8, 4) is 0 Å². The molecule has 1 fully saturated rings. The number of carbonyl (C=O) groups excluding carboxylic acids is 1. The first kappa shape index (κ1) is 11.7. The molecule has 0 radical (unpaired) electrons. The monoisotopic (exact) mass is 287 g/mol. The van der Waals surface area contributed by atoms with Crippen LogP contribution in [0.3, 0.4) is 0 Å². The molecule has 1 aliphatic heterocycles. The number of hydrogen-bond acceptors (Lipinski definition) is 3. The van der Waals surface area contributed by atoms with Gasteiger partial charge in [0, 0.05) is 11.9 Å². The first-order valence-corrected chi connectivity index (χ1v) is 6.35. The summed E-state index contributed by atoms with van der Waals surface area (Å²) in [6.45, 7) is 3.19. The fraction of sp³-hybridized carbons (Fsp3) is 0.545. The number of alkyl halides is 1. The molecule has 1 aromatic rings. The second-order valence-corrected chi connectivity index (χ2v) is 4.58. The van der Waals surface area contributed by atoms with E-state index < -0.39 is 0 Å². The fourth-order valence-corrected chi connectivity index (χ4v) is 2.14. The minimum atomic E-state index is 0.00972. The van der Waals surface area contributed by atoms with Crippen LogP contribution in [0.2, 0.25) is 0 Å². The van der Waals surface area contributed by atoms with E-state index in [-0.39, 0.29) is 18.1 Å². The number of nitrogens with zero attached hydrogens (tertiary/aromatic N) is 1. The molecule has 0 aromatic carbocycles. The van der Waals surface area contributed by atoms with Gasteiger partial charge in [-0.15, -0.1) is 0 Å². The molecule has 2 heterocycles. The van der Waals surface area contributed by atoms with Crippen LogP contribution in [0.4, 0.5) is 0 Å². The Balaban J connectivity index is 2.09. The van der Waals surface area contributed by atoms with Gasteiger partial charge < -0.3 is 14.1 Å². The third-order valence-corrected chi connectivity index (χ3v) is 3.43. The van der Waals surface area contributed by atoms with Gasteiger partial charge in [0.1, 0.15) is 6.26 Å². The summed E-state index contributed by atoms with van der Waals surface area (Å²) in [5.41, 5.74) is 0.599. The Morgan fingerprint density at radius 3 is 3.12 bits per heavy atom. The Morgan fingerprint density at radius 2 is 2.50 bits per heavy atom. The normalized spacial score (nSPS) is 25.8. The van der Waals surface area contributed by atoms with E-state index in [1.54, 1.807) is 6.07 Å². The van der Waals surface area contributed by atoms with Crippen molar-refractivity contribution in [1.29, 1.82) is 0 Å².